The molecule has 0 unspecified atom stereocenters. The van der Waals surface area contributed by atoms with Gasteiger partial charge in [0.1, 0.15) is 23.1 Å². The molecule has 5 heteroatoms. The van der Waals surface area contributed by atoms with Crippen molar-refractivity contribution in [3.05, 3.63) is 59.4 Å². The van der Waals surface area contributed by atoms with Crippen LogP contribution in [0, 0.1) is 5.82 Å². The first-order valence-corrected chi connectivity index (χ1v) is 6.87. The summed E-state index contributed by atoms with van der Waals surface area (Å²) < 4.78 is 28.7. The quantitative estimate of drug-likeness (QED) is 0.601. The number of methoxy groups -OCH3 is 3. The summed E-state index contributed by atoms with van der Waals surface area (Å²) in [6.07, 6.45) is 2.99. The number of carbonyl (C=O) groups excluding carboxylic acids is 1. The van der Waals surface area contributed by atoms with E-state index in [2.05, 4.69) is 0 Å². The lowest BCUT2D eigenvalue weighted by Crippen LogP contribution is -1.97. The lowest BCUT2D eigenvalue weighted by atomic mass is 10.1. The van der Waals surface area contributed by atoms with Gasteiger partial charge in [-0.15, -0.1) is 0 Å². The topological polar surface area (TPSA) is 44.8 Å². The molecule has 0 heterocycles. The van der Waals surface area contributed by atoms with Gasteiger partial charge in [0.15, 0.2) is 5.78 Å². The van der Waals surface area contributed by atoms with Crippen LogP contribution in [0.3, 0.4) is 0 Å². The number of allylic oxidation sites excluding steroid dienone is 1. The molecule has 0 aliphatic heterocycles. The highest BCUT2D eigenvalue weighted by molar-refractivity contribution is 6.07. The van der Waals surface area contributed by atoms with Gasteiger partial charge in [-0.05, 0) is 36.4 Å². The number of ether oxygens (including phenoxy) is 3. The van der Waals surface area contributed by atoms with E-state index in [9.17, 15) is 9.18 Å². The summed E-state index contributed by atoms with van der Waals surface area (Å²) in [4.78, 5) is 12.1. The van der Waals surface area contributed by atoms with Crippen LogP contribution in [0.1, 0.15) is 15.9 Å². The zero-order chi connectivity index (χ0) is 16.8. The molecule has 0 aliphatic carbocycles. The highest BCUT2D eigenvalue weighted by atomic mass is 19.1. The van der Waals surface area contributed by atoms with Gasteiger partial charge in [-0.1, -0.05) is 0 Å². The standard InChI is InChI=1S/C18H17FO4/c1-21-14-10-17(22-2)15(18(11-14)23-3)8-9-16(20)12-4-6-13(19)7-5-12/h4-11H,1-3H3/b9-8+. The van der Waals surface area contributed by atoms with Crippen molar-refractivity contribution in [1.82, 2.24) is 0 Å². The van der Waals surface area contributed by atoms with Gasteiger partial charge in [0, 0.05) is 17.7 Å². The van der Waals surface area contributed by atoms with Gasteiger partial charge >= 0.3 is 0 Å². The molecular formula is C18H17FO4. The number of rotatable bonds is 6. The minimum Gasteiger partial charge on any atom is -0.496 e. The Bertz CT molecular complexity index is 695. The third-order valence-corrected chi connectivity index (χ3v) is 3.28. The molecule has 0 amide bonds. The molecule has 0 aromatic heterocycles. The monoisotopic (exact) mass is 316 g/mol. The van der Waals surface area contributed by atoms with Gasteiger partial charge in [0.2, 0.25) is 0 Å². The maximum atomic E-state index is 12.9. The zero-order valence-corrected chi connectivity index (χ0v) is 13.1. The molecule has 120 valence electrons. The Hall–Kier alpha value is -2.82. The molecular weight excluding hydrogens is 299 g/mol. The van der Waals surface area contributed by atoms with Crippen LogP contribution in [0.15, 0.2) is 42.5 Å². The SMILES string of the molecule is COc1cc(OC)c(/C=C/C(=O)c2ccc(F)cc2)c(OC)c1. The number of hydrogen-bond acceptors (Lipinski definition) is 4. The Balaban J connectivity index is 2.34. The highest BCUT2D eigenvalue weighted by Gasteiger charge is 2.11. The Morgan fingerprint density at radius 2 is 1.52 bits per heavy atom. The van der Waals surface area contributed by atoms with E-state index in [1.807, 2.05) is 0 Å². The predicted octanol–water partition coefficient (Wildman–Crippen LogP) is 3.75. The first kappa shape index (κ1) is 16.5. The second-order valence-electron chi connectivity index (χ2n) is 4.65. The van der Waals surface area contributed by atoms with Crippen LogP contribution in [0.2, 0.25) is 0 Å². The largest absolute Gasteiger partial charge is 0.496 e. The van der Waals surface area contributed by atoms with Crippen molar-refractivity contribution in [3.63, 3.8) is 0 Å². The zero-order valence-electron chi connectivity index (χ0n) is 13.1. The average Bonchev–Trinajstić information content (AvgIpc) is 2.59. The van der Waals surface area contributed by atoms with E-state index in [1.54, 1.807) is 25.3 Å². The Labute approximate surface area is 134 Å². The number of carbonyl (C=O) groups is 1. The van der Waals surface area contributed by atoms with E-state index >= 15 is 0 Å². The van der Waals surface area contributed by atoms with Crippen molar-refractivity contribution in [2.24, 2.45) is 0 Å². The van der Waals surface area contributed by atoms with Crippen LogP contribution in [-0.2, 0) is 0 Å². The number of ketones is 1. The summed E-state index contributed by atoms with van der Waals surface area (Å²) in [5, 5.41) is 0. The first-order chi connectivity index (χ1) is 11.1. The number of halogens is 1. The molecule has 0 bridgehead atoms. The Morgan fingerprint density at radius 1 is 0.957 bits per heavy atom. The molecule has 0 saturated heterocycles. The summed E-state index contributed by atoms with van der Waals surface area (Å²) in [5.41, 5.74) is 1.01. The minimum atomic E-state index is -0.385. The van der Waals surface area contributed by atoms with Crippen LogP contribution in [0.5, 0.6) is 17.2 Å². The summed E-state index contributed by atoms with van der Waals surface area (Å²) in [6, 6.07) is 8.76. The molecule has 0 radical (unpaired) electrons. The van der Waals surface area contributed by atoms with Crippen molar-refractivity contribution < 1.29 is 23.4 Å². The third-order valence-electron chi connectivity index (χ3n) is 3.28. The average molecular weight is 316 g/mol. The second kappa shape index (κ2) is 7.45. The Morgan fingerprint density at radius 3 is 2.00 bits per heavy atom. The maximum absolute atomic E-state index is 12.9. The molecule has 23 heavy (non-hydrogen) atoms. The fraction of sp³-hybridized carbons (Fsp3) is 0.167. The van der Waals surface area contributed by atoms with E-state index in [1.165, 1.54) is 44.6 Å². The summed E-state index contributed by atoms with van der Waals surface area (Å²) in [6.45, 7) is 0. The fourth-order valence-corrected chi connectivity index (χ4v) is 2.07. The first-order valence-electron chi connectivity index (χ1n) is 6.87. The summed E-state index contributed by atoms with van der Waals surface area (Å²) in [5.74, 6) is 0.989. The van der Waals surface area contributed by atoms with E-state index < -0.39 is 0 Å². The minimum absolute atomic E-state index is 0.245. The van der Waals surface area contributed by atoms with E-state index in [-0.39, 0.29) is 11.6 Å². The molecule has 0 aliphatic rings. The highest BCUT2D eigenvalue weighted by Crippen LogP contribution is 2.35. The van der Waals surface area contributed by atoms with Crippen molar-refractivity contribution in [3.8, 4) is 17.2 Å². The molecule has 0 fully saturated rings. The smallest absolute Gasteiger partial charge is 0.185 e. The Kier molecular flexibility index (Phi) is 5.36. The summed E-state index contributed by atoms with van der Waals surface area (Å²) >= 11 is 0. The normalized spacial score (nSPS) is 10.6. The van der Waals surface area contributed by atoms with E-state index in [0.29, 0.717) is 28.4 Å². The molecule has 4 nitrogen and oxygen atoms in total. The van der Waals surface area contributed by atoms with Crippen LogP contribution in [0.4, 0.5) is 4.39 Å². The lowest BCUT2D eigenvalue weighted by molar-refractivity contribution is 0.104. The van der Waals surface area contributed by atoms with Crippen LogP contribution >= 0.6 is 0 Å². The molecule has 2 rings (SSSR count). The van der Waals surface area contributed by atoms with Crippen molar-refractivity contribution in [1.29, 1.82) is 0 Å². The molecule has 0 atom stereocenters. The lowest BCUT2D eigenvalue weighted by Gasteiger charge is -2.12. The molecule has 0 spiro atoms. The fourth-order valence-electron chi connectivity index (χ4n) is 2.07. The second-order valence-corrected chi connectivity index (χ2v) is 4.65. The molecule has 2 aromatic carbocycles. The molecule has 0 saturated carbocycles. The summed E-state index contributed by atoms with van der Waals surface area (Å²) in [7, 11) is 4.59. The van der Waals surface area contributed by atoms with Gasteiger partial charge in [0.05, 0.1) is 26.9 Å². The van der Waals surface area contributed by atoms with E-state index in [0.717, 1.165) is 0 Å². The van der Waals surface area contributed by atoms with Crippen molar-refractivity contribution >= 4 is 11.9 Å². The van der Waals surface area contributed by atoms with Gasteiger partial charge in [-0.2, -0.15) is 0 Å². The van der Waals surface area contributed by atoms with Gasteiger partial charge in [-0.3, -0.25) is 4.79 Å². The maximum Gasteiger partial charge on any atom is 0.185 e. The van der Waals surface area contributed by atoms with Crippen LogP contribution < -0.4 is 14.2 Å². The predicted molar refractivity (Wildman–Crippen MR) is 85.9 cm³/mol. The van der Waals surface area contributed by atoms with Crippen LogP contribution in [0.25, 0.3) is 6.08 Å². The third kappa shape index (κ3) is 3.88. The van der Waals surface area contributed by atoms with Crippen molar-refractivity contribution in [2.75, 3.05) is 21.3 Å². The van der Waals surface area contributed by atoms with Gasteiger partial charge < -0.3 is 14.2 Å². The molecule has 2 aromatic rings. The van der Waals surface area contributed by atoms with E-state index in [4.69, 9.17) is 14.2 Å². The van der Waals surface area contributed by atoms with Crippen LogP contribution in [-0.4, -0.2) is 27.1 Å². The van der Waals surface area contributed by atoms with Gasteiger partial charge in [0.25, 0.3) is 0 Å². The van der Waals surface area contributed by atoms with Gasteiger partial charge in [-0.25, -0.2) is 4.39 Å². The number of hydrogen-bond donors (Lipinski definition) is 0. The number of benzene rings is 2. The van der Waals surface area contributed by atoms with Crippen molar-refractivity contribution in [2.45, 2.75) is 0 Å². The molecule has 0 N–H and O–H groups in total.